The highest BCUT2D eigenvalue weighted by Gasteiger charge is 2.17. The SMILES string of the molecule is c1ccc(-c2ccc(-c3nc(-c4cccc(-c5c6ccccc6cc6ccccc56)c4)nc(-c4cccc(-c5c6ccccc6cc6ccccc56)c4)n3)cc2)cc1. The number of rotatable bonds is 6. The van der Waals surface area contributed by atoms with Gasteiger partial charge in [-0.15, -0.1) is 0 Å². The average Bonchev–Trinajstić information content (AvgIpc) is 3.30. The first kappa shape index (κ1) is 33.6. The summed E-state index contributed by atoms with van der Waals surface area (Å²) < 4.78 is 0. The highest BCUT2D eigenvalue weighted by Crippen LogP contribution is 2.40. The van der Waals surface area contributed by atoms with Crippen molar-refractivity contribution in [2.75, 3.05) is 0 Å². The van der Waals surface area contributed by atoms with E-state index >= 15 is 0 Å². The Kier molecular flexibility index (Phi) is 8.15. The van der Waals surface area contributed by atoms with Gasteiger partial charge in [-0.3, -0.25) is 0 Å². The van der Waals surface area contributed by atoms with Gasteiger partial charge in [0.05, 0.1) is 0 Å². The summed E-state index contributed by atoms with van der Waals surface area (Å²) in [5.41, 5.74) is 9.74. The van der Waals surface area contributed by atoms with Gasteiger partial charge in [-0.2, -0.15) is 0 Å². The summed E-state index contributed by atoms with van der Waals surface area (Å²) in [7, 11) is 0. The van der Waals surface area contributed by atoms with E-state index in [2.05, 4.69) is 206 Å². The molecule has 0 spiro atoms. The standard InChI is InChI=1S/C55H35N3/c1-2-14-36(15-3-1)37-28-30-38(31-29-37)53-56-54(45-22-12-20-43(34-45)51-47-24-8-4-16-39(47)32-40-17-5-9-25-48(40)51)58-55(57-53)46-23-13-21-44(35-46)52-49-26-10-6-18-41(49)33-42-19-7-11-27-50(42)52/h1-35H. The van der Waals surface area contributed by atoms with Crippen molar-refractivity contribution in [2.45, 2.75) is 0 Å². The molecule has 11 rings (SSSR count). The Labute approximate surface area is 336 Å². The van der Waals surface area contributed by atoms with E-state index in [1.807, 2.05) is 6.07 Å². The molecule has 0 unspecified atom stereocenters. The van der Waals surface area contributed by atoms with Crippen LogP contribution in [0.5, 0.6) is 0 Å². The first-order valence-corrected chi connectivity index (χ1v) is 19.7. The molecule has 1 aromatic heterocycles. The molecule has 0 saturated carbocycles. The molecule has 3 nitrogen and oxygen atoms in total. The zero-order chi connectivity index (χ0) is 38.4. The van der Waals surface area contributed by atoms with Crippen molar-refractivity contribution in [1.29, 1.82) is 0 Å². The van der Waals surface area contributed by atoms with E-state index in [9.17, 15) is 0 Å². The van der Waals surface area contributed by atoms with Crippen LogP contribution in [-0.2, 0) is 0 Å². The van der Waals surface area contributed by atoms with Crippen LogP contribution in [0.25, 0.3) is 111 Å². The second-order valence-electron chi connectivity index (χ2n) is 14.8. The second-order valence-corrected chi connectivity index (χ2v) is 14.8. The van der Waals surface area contributed by atoms with E-state index in [-0.39, 0.29) is 0 Å². The van der Waals surface area contributed by atoms with Crippen molar-refractivity contribution in [2.24, 2.45) is 0 Å². The summed E-state index contributed by atoms with van der Waals surface area (Å²) in [6, 6.07) is 75.4. The molecular weight excluding hydrogens is 703 g/mol. The lowest BCUT2D eigenvalue weighted by atomic mass is 9.91. The lowest BCUT2D eigenvalue weighted by molar-refractivity contribution is 1.07. The fourth-order valence-electron chi connectivity index (χ4n) is 8.48. The fourth-order valence-corrected chi connectivity index (χ4v) is 8.48. The minimum atomic E-state index is 0.625. The highest BCUT2D eigenvalue weighted by atomic mass is 15.0. The van der Waals surface area contributed by atoms with Crippen molar-refractivity contribution in [1.82, 2.24) is 15.0 Å². The van der Waals surface area contributed by atoms with Gasteiger partial charge >= 0.3 is 0 Å². The van der Waals surface area contributed by atoms with E-state index in [1.54, 1.807) is 0 Å². The molecule has 0 saturated heterocycles. The average molecular weight is 738 g/mol. The van der Waals surface area contributed by atoms with Gasteiger partial charge in [0.2, 0.25) is 0 Å². The summed E-state index contributed by atoms with van der Waals surface area (Å²) in [5.74, 6) is 1.88. The normalized spacial score (nSPS) is 11.4. The molecular formula is C55H35N3. The summed E-state index contributed by atoms with van der Waals surface area (Å²) in [4.78, 5) is 15.7. The molecule has 10 aromatic carbocycles. The predicted octanol–water partition coefficient (Wildman–Crippen LogP) is 14.5. The monoisotopic (exact) mass is 737 g/mol. The summed E-state index contributed by atoms with van der Waals surface area (Å²) in [6.45, 7) is 0. The Balaban J connectivity index is 1.10. The molecule has 270 valence electrons. The molecule has 11 aromatic rings. The Morgan fingerprint density at radius 1 is 0.207 bits per heavy atom. The fraction of sp³-hybridized carbons (Fsp3) is 0. The van der Waals surface area contributed by atoms with Gasteiger partial charge in [0.15, 0.2) is 17.5 Å². The van der Waals surface area contributed by atoms with Gasteiger partial charge < -0.3 is 0 Å². The summed E-state index contributed by atoms with van der Waals surface area (Å²) in [5, 5.41) is 9.71. The molecule has 0 radical (unpaired) electrons. The van der Waals surface area contributed by atoms with Crippen LogP contribution in [0, 0.1) is 0 Å². The quantitative estimate of drug-likeness (QED) is 0.160. The third-order valence-corrected chi connectivity index (χ3v) is 11.2. The number of fused-ring (bicyclic) bond motifs is 4. The predicted molar refractivity (Wildman–Crippen MR) is 242 cm³/mol. The molecule has 0 aliphatic rings. The van der Waals surface area contributed by atoms with Crippen LogP contribution >= 0.6 is 0 Å². The molecule has 0 aliphatic heterocycles. The summed E-state index contributed by atoms with van der Waals surface area (Å²) in [6.07, 6.45) is 0. The highest BCUT2D eigenvalue weighted by molar-refractivity contribution is 6.14. The van der Waals surface area contributed by atoms with E-state index < -0.39 is 0 Å². The summed E-state index contributed by atoms with van der Waals surface area (Å²) >= 11 is 0. The molecule has 0 atom stereocenters. The maximum absolute atomic E-state index is 5.26. The molecule has 1 heterocycles. The lowest BCUT2D eigenvalue weighted by Crippen LogP contribution is -2.00. The van der Waals surface area contributed by atoms with Crippen LogP contribution in [0.1, 0.15) is 0 Å². The topological polar surface area (TPSA) is 38.7 Å². The molecule has 0 amide bonds. The first-order chi connectivity index (χ1) is 28.7. The molecule has 0 aliphatic carbocycles. The molecule has 0 fully saturated rings. The molecule has 3 heteroatoms. The number of benzene rings is 10. The van der Waals surface area contributed by atoms with Crippen LogP contribution in [0.3, 0.4) is 0 Å². The minimum Gasteiger partial charge on any atom is -0.208 e. The van der Waals surface area contributed by atoms with Crippen molar-refractivity contribution in [3.63, 3.8) is 0 Å². The van der Waals surface area contributed by atoms with E-state index in [0.717, 1.165) is 33.4 Å². The zero-order valence-electron chi connectivity index (χ0n) is 31.5. The van der Waals surface area contributed by atoms with Gasteiger partial charge in [0.25, 0.3) is 0 Å². The van der Waals surface area contributed by atoms with Crippen molar-refractivity contribution in [3.8, 4) is 67.5 Å². The Morgan fingerprint density at radius 3 is 0.948 bits per heavy atom. The minimum absolute atomic E-state index is 0.625. The van der Waals surface area contributed by atoms with Crippen LogP contribution in [0.15, 0.2) is 212 Å². The third-order valence-electron chi connectivity index (χ3n) is 11.2. The van der Waals surface area contributed by atoms with E-state index in [0.29, 0.717) is 17.5 Å². The molecule has 0 bridgehead atoms. The number of hydrogen-bond acceptors (Lipinski definition) is 3. The van der Waals surface area contributed by atoms with Gasteiger partial charge in [0, 0.05) is 16.7 Å². The number of hydrogen-bond donors (Lipinski definition) is 0. The van der Waals surface area contributed by atoms with Crippen molar-refractivity contribution in [3.05, 3.63) is 212 Å². The van der Waals surface area contributed by atoms with Crippen molar-refractivity contribution >= 4 is 43.1 Å². The Morgan fingerprint density at radius 2 is 0.517 bits per heavy atom. The van der Waals surface area contributed by atoms with Gasteiger partial charge in [-0.1, -0.05) is 188 Å². The van der Waals surface area contributed by atoms with E-state index in [1.165, 1.54) is 59.8 Å². The third kappa shape index (κ3) is 5.98. The molecule has 0 N–H and O–H groups in total. The maximum atomic E-state index is 5.26. The van der Waals surface area contributed by atoms with Gasteiger partial charge in [-0.25, -0.2) is 15.0 Å². The zero-order valence-corrected chi connectivity index (χ0v) is 31.5. The Bertz CT molecular complexity index is 3040. The molecule has 58 heavy (non-hydrogen) atoms. The second kappa shape index (κ2) is 14.1. The smallest absolute Gasteiger partial charge is 0.164 e. The van der Waals surface area contributed by atoms with Crippen molar-refractivity contribution < 1.29 is 0 Å². The number of aromatic nitrogens is 3. The van der Waals surface area contributed by atoms with Crippen LogP contribution in [0.2, 0.25) is 0 Å². The van der Waals surface area contributed by atoms with Gasteiger partial charge in [0.1, 0.15) is 0 Å². The number of nitrogens with zero attached hydrogens (tertiary/aromatic N) is 3. The van der Waals surface area contributed by atoms with E-state index in [4.69, 9.17) is 15.0 Å². The maximum Gasteiger partial charge on any atom is 0.164 e. The Hall–Kier alpha value is -7.75. The van der Waals surface area contributed by atoms with Crippen LogP contribution < -0.4 is 0 Å². The largest absolute Gasteiger partial charge is 0.208 e. The lowest BCUT2D eigenvalue weighted by Gasteiger charge is -2.14. The van der Waals surface area contributed by atoms with Gasteiger partial charge in [-0.05, 0) is 101 Å². The van der Waals surface area contributed by atoms with Crippen LogP contribution in [-0.4, -0.2) is 15.0 Å². The first-order valence-electron chi connectivity index (χ1n) is 19.7. The van der Waals surface area contributed by atoms with Crippen LogP contribution in [0.4, 0.5) is 0 Å².